The molecule has 0 aliphatic heterocycles. The molecule has 0 fully saturated rings. The van der Waals surface area contributed by atoms with E-state index in [9.17, 15) is 18.8 Å². The first-order chi connectivity index (χ1) is 18.6. The molecule has 0 atom stereocenters. The van der Waals surface area contributed by atoms with E-state index in [0.717, 1.165) is 0 Å². The van der Waals surface area contributed by atoms with Gasteiger partial charge in [-0.15, -0.1) is 0 Å². The van der Waals surface area contributed by atoms with Crippen molar-refractivity contribution in [2.24, 2.45) is 0 Å². The van der Waals surface area contributed by atoms with Crippen molar-refractivity contribution in [1.29, 1.82) is 5.26 Å². The van der Waals surface area contributed by atoms with E-state index in [-0.39, 0.29) is 33.9 Å². The molecule has 2 amide bonds. The number of carbonyl (C=O) groups excluding carboxylic acids is 3. The number of aromatic nitrogens is 1. The van der Waals surface area contributed by atoms with Crippen LogP contribution in [0.2, 0.25) is 0 Å². The molecule has 1 aromatic heterocycles. The molecule has 0 unspecified atom stereocenters. The van der Waals surface area contributed by atoms with E-state index in [0.29, 0.717) is 5.56 Å². The molecule has 0 saturated heterocycles. The van der Waals surface area contributed by atoms with Gasteiger partial charge in [-0.25, -0.2) is 14.2 Å². The van der Waals surface area contributed by atoms with Gasteiger partial charge in [-0.05, 0) is 65.8 Å². The number of ketones is 1. The zero-order valence-corrected chi connectivity index (χ0v) is 23.2. The predicted molar refractivity (Wildman–Crippen MR) is 149 cm³/mol. The highest BCUT2D eigenvalue weighted by Gasteiger charge is 2.24. The normalized spacial score (nSPS) is 11.2. The Morgan fingerprint density at radius 2 is 1.60 bits per heavy atom. The number of carbonyl (C=O) groups is 3. The molecule has 3 aromatic rings. The van der Waals surface area contributed by atoms with Gasteiger partial charge in [-0.3, -0.25) is 14.9 Å². The number of nitrogens with one attached hydrogen (secondary N) is 2. The molecule has 0 aliphatic rings. The Hall–Kier alpha value is -4.78. The molecule has 40 heavy (non-hydrogen) atoms. The predicted octanol–water partition coefficient (Wildman–Crippen LogP) is 6.50. The van der Waals surface area contributed by atoms with E-state index in [1.54, 1.807) is 39.0 Å². The third kappa shape index (κ3) is 8.36. The van der Waals surface area contributed by atoms with Crippen LogP contribution in [0.1, 0.15) is 64.0 Å². The van der Waals surface area contributed by atoms with Crippen LogP contribution >= 0.6 is 0 Å². The first-order valence-electron chi connectivity index (χ1n) is 12.5. The van der Waals surface area contributed by atoms with Crippen LogP contribution in [-0.4, -0.2) is 34.0 Å². The second kappa shape index (κ2) is 11.9. The van der Waals surface area contributed by atoms with Crippen LogP contribution in [0.5, 0.6) is 5.75 Å². The molecule has 2 aromatic carbocycles. The molecule has 0 spiro atoms. The number of nitrogens with zero attached hydrogens (tertiary/aromatic N) is 2. The van der Waals surface area contributed by atoms with E-state index in [1.165, 1.54) is 36.5 Å². The summed E-state index contributed by atoms with van der Waals surface area (Å²) in [5.74, 6) is -1.51. The molecule has 0 bridgehead atoms. The number of pyridine rings is 1. The van der Waals surface area contributed by atoms with Crippen molar-refractivity contribution in [2.75, 3.05) is 10.6 Å². The minimum absolute atomic E-state index is 0.0408. The van der Waals surface area contributed by atoms with Gasteiger partial charge < -0.3 is 14.8 Å². The summed E-state index contributed by atoms with van der Waals surface area (Å²) in [4.78, 5) is 42.2. The van der Waals surface area contributed by atoms with Gasteiger partial charge in [0.15, 0.2) is 5.78 Å². The second-order valence-corrected chi connectivity index (χ2v) is 10.9. The average Bonchev–Trinajstić information content (AvgIpc) is 2.84. The summed E-state index contributed by atoms with van der Waals surface area (Å²) in [6.07, 6.45) is -0.0442. The Morgan fingerprint density at radius 1 is 0.925 bits per heavy atom. The van der Waals surface area contributed by atoms with E-state index in [4.69, 9.17) is 14.7 Å². The lowest BCUT2D eigenvalue weighted by Gasteiger charge is -2.26. The number of rotatable bonds is 7. The number of nitriles is 1. The molecule has 0 saturated carbocycles. The molecule has 208 valence electrons. The summed E-state index contributed by atoms with van der Waals surface area (Å²) in [7, 11) is 0. The maximum Gasteiger partial charge on any atom is 0.412 e. The van der Waals surface area contributed by atoms with Crippen LogP contribution in [0.15, 0.2) is 54.7 Å². The first kappa shape index (κ1) is 29.8. The van der Waals surface area contributed by atoms with Crippen molar-refractivity contribution in [2.45, 2.75) is 59.2 Å². The Balaban J connectivity index is 2.05. The summed E-state index contributed by atoms with van der Waals surface area (Å²) < 4.78 is 26.4. The monoisotopic (exact) mass is 546 g/mol. The molecule has 0 radical (unpaired) electrons. The van der Waals surface area contributed by atoms with Crippen molar-refractivity contribution >= 4 is 29.2 Å². The third-order valence-electron chi connectivity index (χ3n) is 5.13. The third-order valence-corrected chi connectivity index (χ3v) is 5.13. The maximum atomic E-state index is 14.9. The van der Waals surface area contributed by atoms with Gasteiger partial charge in [-0.2, -0.15) is 5.26 Å². The zero-order chi connectivity index (χ0) is 29.7. The molecule has 0 aliphatic carbocycles. The Kier molecular flexibility index (Phi) is 8.89. The molecular weight excluding hydrogens is 515 g/mol. The van der Waals surface area contributed by atoms with Gasteiger partial charge in [0, 0.05) is 29.0 Å². The summed E-state index contributed by atoms with van der Waals surface area (Å²) >= 11 is 0. The molecule has 1 heterocycles. The number of anilines is 2. The highest BCUT2D eigenvalue weighted by Crippen LogP contribution is 2.40. The van der Waals surface area contributed by atoms with Crippen LogP contribution in [-0.2, 0) is 9.53 Å². The quantitative estimate of drug-likeness (QED) is 0.256. The lowest BCUT2D eigenvalue weighted by Crippen LogP contribution is -2.28. The SMILES string of the molecule is CC(C)(C)OC(=O)Nc1cc(OC(C)(C)C)c(-c2ccccc2F)cc1NC(=O)CC(=O)c1ccnc(C#N)c1. The largest absolute Gasteiger partial charge is 0.487 e. The highest BCUT2D eigenvalue weighted by atomic mass is 19.1. The fourth-order valence-electron chi connectivity index (χ4n) is 3.61. The number of halogens is 1. The van der Waals surface area contributed by atoms with E-state index in [1.807, 2.05) is 26.8 Å². The Bertz CT molecular complexity index is 1480. The number of hydrogen-bond acceptors (Lipinski definition) is 7. The van der Waals surface area contributed by atoms with Crippen LogP contribution in [0.4, 0.5) is 20.6 Å². The summed E-state index contributed by atoms with van der Waals surface area (Å²) in [5, 5.41) is 14.3. The first-order valence-corrected chi connectivity index (χ1v) is 12.5. The fraction of sp³-hybridized carbons (Fsp3) is 0.300. The molecule has 10 heteroatoms. The molecule has 9 nitrogen and oxygen atoms in total. The van der Waals surface area contributed by atoms with Crippen LogP contribution in [0, 0.1) is 17.1 Å². The van der Waals surface area contributed by atoms with Crippen LogP contribution < -0.4 is 15.4 Å². The van der Waals surface area contributed by atoms with Gasteiger partial charge >= 0.3 is 6.09 Å². The second-order valence-electron chi connectivity index (χ2n) is 10.9. The highest BCUT2D eigenvalue weighted by molar-refractivity contribution is 6.12. The topological polar surface area (TPSA) is 130 Å². The van der Waals surface area contributed by atoms with Gasteiger partial charge in [0.1, 0.15) is 34.5 Å². The Morgan fingerprint density at radius 3 is 2.23 bits per heavy atom. The van der Waals surface area contributed by atoms with E-state index >= 15 is 0 Å². The van der Waals surface area contributed by atoms with Crippen LogP contribution in [0.25, 0.3) is 11.1 Å². The standard InChI is InChI=1S/C30H31FN4O5/c1-29(2,3)39-26-15-24(35-28(38)40-30(4,5)6)23(14-21(26)20-9-7-8-10-22(20)31)34-27(37)16-25(36)18-11-12-33-19(13-18)17-32/h7-15H,16H2,1-6H3,(H,34,37)(H,35,38). The number of amides is 2. The fourth-order valence-corrected chi connectivity index (χ4v) is 3.61. The smallest absolute Gasteiger partial charge is 0.412 e. The lowest BCUT2D eigenvalue weighted by molar-refractivity contribution is -0.115. The number of ether oxygens (including phenoxy) is 2. The maximum absolute atomic E-state index is 14.9. The molecule has 3 rings (SSSR count). The lowest BCUT2D eigenvalue weighted by atomic mass is 10.0. The summed E-state index contributed by atoms with van der Waals surface area (Å²) in [5.41, 5.74) is -0.567. The number of benzene rings is 2. The van der Waals surface area contributed by atoms with Crippen molar-refractivity contribution in [3.8, 4) is 22.9 Å². The molecular formula is C30H31FN4O5. The van der Waals surface area contributed by atoms with Crippen LogP contribution in [0.3, 0.4) is 0 Å². The zero-order valence-electron chi connectivity index (χ0n) is 23.2. The molecule has 2 N–H and O–H groups in total. The van der Waals surface area contributed by atoms with Gasteiger partial charge in [-0.1, -0.05) is 18.2 Å². The van der Waals surface area contributed by atoms with E-state index in [2.05, 4.69) is 15.6 Å². The summed E-state index contributed by atoms with van der Waals surface area (Å²) in [6, 6.07) is 13.5. The van der Waals surface area contributed by atoms with Crippen molar-refractivity contribution in [1.82, 2.24) is 4.98 Å². The van der Waals surface area contributed by atoms with Crippen molar-refractivity contribution < 1.29 is 28.2 Å². The van der Waals surface area contributed by atoms with E-state index < -0.39 is 41.2 Å². The Labute approximate surface area is 232 Å². The minimum Gasteiger partial charge on any atom is -0.487 e. The number of Topliss-reactive ketones (excluding diaryl/α,β-unsaturated/α-hetero) is 1. The van der Waals surface area contributed by atoms with Crippen molar-refractivity contribution in [3.05, 3.63) is 71.8 Å². The van der Waals surface area contributed by atoms with Gasteiger partial charge in [0.05, 0.1) is 17.8 Å². The van der Waals surface area contributed by atoms with Gasteiger partial charge in [0.2, 0.25) is 5.91 Å². The average molecular weight is 547 g/mol. The van der Waals surface area contributed by atoms with Crippen molar-refractivity contribution in [3.63, 3.8) is 0 Å². The summed E-state index contributed by atoms with van der Waals surface area (Å²) in [6.45, 7) is 10.6. The van der Waals surface area contributed by atoms with Gasteiger partial charge in [0.25, 0.3) is 0 Å². The number of hydrogen-bond donors (Lipinski definition) is 2. The minimum atomic E-state index is -0.801.